The molecule has 2 N–H and O–H groups in total. The van der Waals surface area contributed by atoms with E-state index in [-0.39, 0.29) is 21.7 Å². The zero-order valence-electron chi connectivity index (χ0n) is 15.2. The Morgan fingerprint density at radius 1 is 1.17 bits per heavy atom. The molecule has 0 amide bonds. The third-order valence-corrected chi connectivity index (χ3v) is 5.44. The summed E-state index contributed by atoms with van der Waals surface area (Å²) in [6.45, 7) is 1.54. The van der Waals surface area contributed by atoms with Gasteiger partial charge in [-0.2, -0.15) is 0 Å². The molecule has 0 saturated carbocycles. The number of hydrogen-bond donors (Lipinski definition) is 2. The summed E-state index contributed by atoms with van der Waals surface area (Å²) >= 11 is 5.88. The molecule has 1 unspecified atom stereocenters. The van der Waals surface area contributed by atoms with Gasteiger partial charge in [-0.05, 0) is 36.8 Å². The predicted molar refractivity (Wildman–Crippen MR) is 103 cm³/mol. The fourth-order valence-corrected chi connectivity index (χ4v) is 3.83. The van der Waals surface area contributed by atoms with E-state index in [2.05, 4.69) is 20.3 Å². The number of aromatic amines is 1. The largest absolute Gasteiger partial charge is 0.356 e. The molecular formula is C18H16ClF3N4O2S. The van der Waals surface area contributed by atoms with Crippen LogP contribution in [0.3, 0.4) is 0 Å². The first-order chi connectivity index (χ1) is 13.6. The van der Waals surface area contributed by atoms with Crippen LogP contribution in [0.5, 0.6) is 0 Å². The van der Waals surface area contributed by atoms with Gasteiger partial charge in [-0.15, -0.1) is 0 Å². The molecule has 1 aromatic carbocycles. The van der Waals surface area contributed by atoms with Gasteiger partial charge >= 0.3 is 0 Å². The highest BCUT2D eigenvalue weighted by Crippen LogP contribution is 2.29. The number of nitrogens with one attached hydrogen (secondary N) is 2. The van der Waals surface area contributed by atoms with Crippen molar-refractivity contribution in [3.05, 3.63) is 70.0 Å². The molecule has 1 atom stereocenters. The number of pyridine rings is 1. The van der Waals surface area contributed by atoms with E-state index in [0.29, 0.717) is 11.3 Å². The molecule has 6 nitrogen and oxygen atoms in total. The summed E-state index contributed by atoms with van der Waals surface area (Å²) in [6.07, 6.45) is -1.75. The van der Waals surface area contributed by atoms with E-state index in [4.69, 9.17) is 11.6 Å². The quantitative estimate of drug-likeness (QED) is 0.586. The van der Waals surface area contributed by atoms with Crippen molar-refractivity contribution in [3.63, 3.8) is 0 Å². The topological polar surface area (TPSA) is 87.7 Å². The van der Waals surface area contributed by atoms with Crippen LogP contribution in [-0.4, -0.2) is 29.6 Å². The smallest absolute Gasteiger partial charge is 0.280 e. The summed E-state index contributed by atoms with van der Waals surface area (Å²) in [7, 11) is -3.61. The van der Waals surface area contributed by atoms with E-state index in [1.165, 1.54) is 37.3 Å². The lowest BCUT2D eigenvalue weighted by atomic mass is 10.1. The zero-order valence-corrected chi connectivity index (χ0v) is 16.8. The minimum absolute atomic E-state index is 0.100. The van der Waals surface area contributed by atoms with Crippen LogP contribution < -0.4 is 5.32 Å². The highest BCUT2D eigenvalue weighted by molar-refractivity contribution is 7.90. The molecule has 0 saturated heterocycles. The Morgan fingerprint density at radius 2 is 1.90 bits per heavy atom. The monoisotopic (exact) mass is 444 g/mol. The number of aryl methyl sites for hydroxylation is 1. The van der Waals surface area contributed by atoms with Crippen LogP contribution in [0.4, 0.5) is 19.0 Å². The number of imidazole rings is 1. The molecule has 0 aliphatic carbocycles. The number of sulfone groups is 1. The summed E-state index contributed by atoms with van der Waals surface area (Å²) in [5.41, 5.74) is 0.296. The second-order valence-corrected chi connectivity index (χ2v) is 8.66. The Morgan fingerprint density at radius 3 is 2.48 bits per heavy atom. The standard InChI is InChI=1S/C18H16ClF3N4O2S/c1-9-18(29(2,27)28)26-17(23-9)15(10-6-7-12(20)11(19)8-10)25-14-5-3-4-13(24-14)16(21)22/h3-8,15-16H,1-2H3,(H,23,26)(H,24,25). The van der Waals surface area contributed by atoms with Gasteiger partial charge in [-0.1, -0.05) is 23.7 Å². The van der Waals surface area contributed by atoms with E-state index < -0.39 is 33.8 Å². The molecule has 0 fully saturated rings. The number of aromatic nitrogens is 3. The molecular weight excluding hydrogens is 429 g/mol. The maximum Gasteiger partial charge on any atom is 0.280 e. The van der Waals surface area contributed by atoms with Gasteiger partial charge in [0, 0.05) is 6.26 Å². The van der Waals surface area contributed by atoms with Gasteiger partial charge in [-0.3, -0.25) is 0 Å². The molecule has 29 heavy (non-hydrogen) atoms. The Labute approximate surface area is 170 Å². The lowest BCUT2D eigenvalue weighted by Crippen LogP contribution is -2.16. The number of anilines is 1. The van der Waals surface area contributed by atoms with Gasteiger partial charge < -0.3 is 10.3 Å². The van der Waals surface area contributed by atoms with E-state index in [0.717, 1.165) is 12.3 Å². The van der Waals surface area contributed by atoms with Gasteiger partial charge in [0.1, 0.15) is 29.2 Å². The fourth-order valence-electron chi connectivity index (χ4n) is 2.77. The molecule has 2 heterocycles. The van der Waals surface area contributed by atoms with Crippen LogP contribution in [0, 0.1) is 12.7 Å². The summed E-state index contributed by atoms with van der Waals surface area (Å²) < 4.78 is 63.4. The van der Waals surface area contributed by atoms with Crippen molar-refractivity contribution >= 4 is 27.3 Å². The third-order valence-electron chi connectivity index (χ3n) is 4.05. The summed E-state index contributed by atoms with van der Waals surface area (Å²) in [5.74, 6) is -0.363. The average molecular weight is 445 g/mol. The lowest BCUT2D eigenvalue weighted by Gasteiger charge is -2.19. The van der Waals surface area contributed by atoms with Crippen LogP contribution in [0.15, 0.2) is 41.4 Å². The van der Waals surface area contributed by atoms with E-state index in [9.17, 15) is 21.6 Å². The Kier molecular flexibility index (Phi) is 5.85. The van der Waals surface area contributed by atoms with Crippen molar-refractivity contribution < 1.29 is 21.6 Å². The van der Waals surface area contributed by atoms with Crippen molar-refractivity contribution in [2.24, 2.45) is 0 Å². The average Bonchev–Trinajstić information content (AvgIpc) is 3.04. The van der Waals surface area contributed by atoms with Gasteiger partial charge in [0.15, 0.2) is 14.9 Å². The highest BCUT2D eigenvalue weighted by atomic mass is 35.5. The summed E-state index contributed by atoms with van der Waals surface area (Å²) in [5, 5.41) is 2.62. The third kappa shape index (κ3) is 4.70. The van der Waals surface area contributed by atoms with Gasteiger partial charge in [-0.25, -0.2) is 31.6 Å². The Hall–Kier alpha value is -2.59. The minimum Gasteiger partial charge on any atom is -0.356 e. The van der Waals surface area contributed by atoms with Gasteiger partial charge in [0.05, 0.1) is 10.7 Å². The van der Waals surface area contributed by atoms with Crippen molar-refractivity contribution in [1.29, 1.82) is 0 Å². The molecule has 0 aliphatic rings. The Balaban J connectivity index is 2.10. The molecule has 2 aromatic heterocycles. The summed E-state index contributed by atoms with van der Waals surface area (Å²) in [6, 6.07) is 7.10. The predicted octanol–water partition coefficient (Wildman–Crippen LogP) is 4.45. The number of rotatable bonds is 6. The van der Waals surface area contributed by atoms with E-state index >= 15 is 0 Å². The van der Waals surface area contributed by atoms with Crippen LogP contribution in [0.1, 0.15) is 35.2 Å². The highest BCUT2D eigenvalue weighted by Gasteiger charge is 2.24. The Bertz CT molecular complexity index is 1150. The van der Waals surface area contributed by atoms with Crippen molar-refractivity contribution in [1.82, 2.24) is 15.0 Å². The lowest BCUT2D eigenvalue weighted by molar-refractivity contribution is 0.146. The normalized spacial score (nSPS) is 12.9. The molecule has 0 aliphatic heterocycles. The van der Waals surface area contributed by atoms with E-state index in [1.807, 2.05) is 0 Å². The van der Waals surface area contributed by atoms with Gasteiger partial charge in [0.2, 0.25) is 0 Å². The van der Waals surface area contributed by atoms with Crippen LogP contribution in [0.25, 0.3) is 0 Å². The van der Waals surface area contributed by atoms with Gasteiger partial charge in [0.25, 0.3) is 6.43 Å². The number of alkyl halides is 2. The zero-order chi connectivity index (χ0) is 21.3. The number of H-pyrrole nitrogens is 1. The van der Waals surface area contributed by atoms with Crippen molar-refractivity contribution in [2.45, 2.75) is 24.4 Å². The second-order valence-electron chi connectivity index (χ2n) is 6.32. The second kappa shape index (κ2) is 8.03. The molecule has 0 radical (unpaired) electrons. The van der Waals surface area contributed by atoms with Crippen LogP contribution in [0.2, 0.25) is 5.02 Å². The molecule has 0 spiro atoms. The first-order valence-corrected chi connectivity index (χ1v) is 10.6. The number of nitrogens with zero attached hydrogens (tertiary/aromatic N) is 2. The number of benzene rings is 1. The maximum absolute atomic E-state index is 13.6. The van der Waals surface area contributed by atoms with Crippen molar-refractivity contribution in [3.8, 4) is 0 Å². The van der Waals surface area contributed by atoms with E-state index in [1.54, 1.807) is 0 Å². The SMILES string of the molecule is Cc1[nH]c(C(Nc2cccc(C(F)F)n2)c2ccc(F)c(Cl)c2)nc1S(C)(=O)=O. The molecule has 154 valence electrons. The molecule has 3 rings (SSSR count). The molecule has 3 aromatic rings. The van der Waals surface area contributed by atoms with Crippen molar-refractivity contribution in [2.75, 3.05) is 11.6 Å². The van der Waals surface area contributed by atoms with Crippen LogP contribution >= 0.6 is 11.6 Å². The minimum atomic E-state index is -3.61. The molecule has 11 heteroatoms. The number of halogens is 4. The maximum atomic E-state index is 13.6. The first-order valence-electron chi connectivity index (χ1n) is 8.29. The fraction of sp³-hybridized carbons (Fsp3) is 0.222. The number of hydrogen-bond acceptors (Lipinski definition) is 5. The first kappa shape index (κ1) is 21.1. The summed E-state index contributed by atoms with van der Waals surface area (Å²) in [4.78, 5) is 10.9. The molecule has 0 bridgehead atoms. The van der Waals surface area contributed by atoms with Crippen LogP contribution in [-0.2, 0) is 9.84 Å².